The topological polar surface area (TPSA) is 67.8 Å². The number of esters is 1. The van der Waals surface area contributed by atoms with Crippen LogP contribution in [0.1, 0.15) is 112 Å². The van der Waals surface area contributed by atoms with Crippen molar-refractivity contribution in [3.8, 4) is 5.75 Å². The van der Waals surface area contributed by atoms with Crippen molar-refractivity contribution < 1.29 is 14.3 Å². The van der Waals surface area contributed by atoms with Gasteiger partial charge >= 0.3 is 5.97 Å². The summed E-state index contributed by atoms with van der Waals surface area (Å²) in [5.74, 6) is -0.200. The number of rotatable bonds is 18. The van der Waals surface area contributed by atoms with E-state index >= 15 is 0 Å². The summed E-state index contributed by atoms with van der Waals surface area (Å²) < 4.78 is 6.48. The number of thiophene rings is 1. The number of carbonyl (C=O) groups is 2. The normalized spacial score (nSPS) is 11.3. The molecule has 3 aromatic rings. The van der Waals surface area contributed by atoms with E-state index in [-0.39, 0.29) is 5.91 Å². The van der Waals surface area contributed by atoms with Crippen LogP contribution in [-0.4, -0.2) is 18.1 Å². The second kappa shape index (κ2) is 17.8. The van der Waals surface area contributed by atoms with Crippen LogP contribution in [0.15, 0.2) is 53.6 Å². The molecule has 0 spiro atoms. The summed E-state index contributed by atoms with van der Waals surface area (Å²) in [7, 11) is 0. The van der Waals surface area contributed by atoms with E-state index < -0.39 is 5.97 Å². The van der Waals surface area contributed by atoms with E-state index in [1.54, 1.807) is 24.4 Å². The van der Waals surface area contributed by atoms with Crippen LogP contribution in [0.25, 0.3) is 10.1 Å². The number of hydrogen-bond donors (Lipinski definition) is 1. The molecule has 1 heterocycles. The largest absolute Gasteiger partial charge is 0.422 e. The van der Waals surface area contributed by atoms with Crippen LogP contribution < -0.4 is 10.2 Å². The summed E-state index contributed by atoms with van der Waals surface area (Å²) in [6.07, 6.45) is 18.7. The first-order chi connectivity index (χ1) is 19.1. The highest BCUT2D eigenvalue weighted by molar-refractivity contribution is 7.21. The van der Waals surface area contributed by atoms with Crippen LogP contribution in [0.5, 0.6) is 5.75 Å². The van der Waals surface area contributed by atoms with Gasteiger partial charge in [0.25, 0.3) is 0 Å². The second-order valence-corrected chi connectivity index (χ2v) is 11.4. The smallest absolute Gasteiger partial charge is 0.355 e. The van der Waals surface area contributed by atoms with Gasteiger partial charge in [-0.1, -0.05) is 126 Å². The quantitative estimate of drug-likeness (QED) is 0.0546. The summed E-state index contributed by atoms with van der Waals surface area (Å²) in [4.78, 5) is 25.2. The van der Waals surface area contributed by atoms with Gasteiger partial charge in [0.15, 0.2) is 0 Å². The average molecular weight is 569 g/mol. The highest BCUT2D eigenvalue weighted by atomic mass is 35.5. The maximum atomic E-state index is 12.7. The molecular formula is C32H41ClN2O3S. The lowest BCUT2D eigenvalue weighted by Gasteiger charge is -2.04. The van der Waals surface area contributed by atoms with E-state index in [4.69, 9.17) is 16.3 Å². The SMILES string of the molecule is CCCCCCCCCCCCCCCC(=O)N/N=C/c1cccc(OC(=O)c2sc3ccccc3c2Cl)c1. The molecule has 0 fully saturated rings. The van der Waals surface area contributed by atoms with Crippen molar-refractivity contribution >= 4 is 51.1 Å². The van der Waals surface area contributed by atoms with Gasteiger partial charge in [0.05, 0.1) is 11.2 Å². The molecule has 0 unspecified atom stereocenters. The molecule has 1 amide bonds. The second-order valence-electron chi connectivity index (χ2n) is 9.99. The molecule has 1 aromatic heterocycles. The van der Waals surface area contributed by atoms with E-state index in [9.17, 15) is 9.59 Å². The standard InChI is InChI=1S/C32H41ClN2O3S/c1-2-3-4-5-6-7-8-9-10-11-12-13-14-22-29(36)35-34-24-25-18-17-19-26(23-25)38-32(37)31-30(33)27-20-15-16-21-28(27)39-31/h15-21,23-24H,2-14,22H2,1H3,(H,35,36)/b34-24+. The minimum absolute atomic E-state index is 0.0868. The first kappa shape index (κ1) is 30.8. The molecule has 5 nitrogen and oxygen atoms in total. The van der Waals surface area contributed by atoms with Crippen molar-refractivity contribution in [2.45, 2.75) is 96.8 Å². The molecule has 2 aromatic carbocycles. The van der Waals surface area contributed by atoms with Crippen molar-refractivity contribution in [1.82, 2.24) is 5.43 Å². The van der Waals surface area contributed by atoms with Crippen molar-refractivity contribution in [3.05, 3.63) is 64.0 Å². The third-order valence-corrected chi connectivity index (χ3v) is 8.35. The van der Waals surface area contributed by atoms with Gasteiger partial charge < -0.3 is 4.74 Å². The summed E-state index contributed by atoms with van der Waals surface area (Å²) in [6.45, 7) is 2.26. The predicted molar refractivity (Wildman–Crippen MR) is 164 cm³/mol. The van der Waals surface area contributed by atoms with Crippen LogP contribution in [-0.2, 0) is 4.79 Å². The molecule has 0 radical (unpaired) electrons. The van der Waals surface area contributed by atoms with E-state index in [1.165, 1.54) is 82.0 Å². The Morgan fingerprint density at radius 2 is 1.51 bits per heavy atom. The van der Waals surface area contributed by atoms with Gasteiger partial charge in [-0.15, -0.1) is 11.3 Å². The van der Waals surface area contributed by atoms with Gasteiger partial charge in [-0.05, 0) is 30.2 Å². The Morgan fingerprint density at radius 1 is 0.872 bits per heavy atom. The average Bonchev–Trinajstić information content (AvgIpc) is 3.28. The molecule has 7 heteroatoms. The third-order valence-electron chi connectivity index (χ3n) is 6.70. The highest BCUT2D eigenvalue weighted by Crippen LogP contribution is 2.35. The number of unbranched alkanes of at least 4 members (excludes halogenated alkanes) is 12. The number of amides is 1. The van der Waals surface area contributed by atoms with Crippen LogP contribution in [0.3, 0.4) is 0 Å². The minimum atomic E-state index is -0.499. The molecule has 0 aliphatic heterocycles. The fraction of sp³-hybridized carbons (Fsp3) is 0.469. The van der Waals surface area contributed by atoms with Crippen molar-refractivity contribution in [2.75, 3.05) is 0 Å². The van der Waals surface area contributed by atoms with Crippen LogP contribution in [0.4, 0.5) is 0 Å². The van der Waals surface area contributed by atoms with Gasteiger partial charge in [0.1, 0.15) is 10.6 Å². The molecule has 0 bridgehead atoms. The molecule has 1 N–H and O–H groups in total. The molecule has 0 saturated heterocycles. The molecule has 39 heavy (non-hydrogen) atoms. The first-order valence-corrected chi connectivity index (χ1v) is 15.6. The third kappa shape index (κ3) is 11.1. The minimum Gasteiger partial charge on any atom is -0.422 e. The Balaban J connectivity index is 1.28. The maximum Gasteiger partial charge on any atom is 0.355 e. The van der Waals surface area contributed by atoms with Crippen LogP contribution in [0, 0.1) is 0 Å². The van der Waals surface area contributed by atoms with Crippen molar-refractivity contribution in [3.63, 3.8) is 0 Å². The summed E-state index contributed by atoms with van der Waals surface area (Å²) in [5.41, 5.74) is 3.30. The number of hydrogen-bond acceptors (Lipinski definition) is 5. The molecule has 3 rings (SSSR count). The lowest BCUT2D eigenvalue weighted by Crippen LogP contribution is -2.16. The van der Waals surface area contributed by atoms with Crippen molar-refractivity contribution in [2.24, 2.45) is 5.10 Å². The van der Waals surface area contributed by atoms with Gasteiger partial charge in [-0.2, -0.15) is 5.10 Å². The van der Waals surface area contributed by atoms with E-state index in [0.717, 1.165) is 22.9 Å². The molecule has 210 valence electrons. The van der Waals surface area contributed by atoms with Crippen molar-refractivity contribution in [1.29, 1.82) is 0 Å². The Hall–Kier alpha value is -2.70. The summed E-state index contributed by atoms with van der Waals surface area (Å²) >= 11 is 7.71. The lowest BCUT2D eigenvalue weighted by atomic mass is 10.0. The van der Waals surface area contributed by atoms with Gasteiger partial charge in [-0.25, -0.2) is 10.2 Å². The highest BCUT2D eigenvalue weighted by Gasteiger charge is 2.19. The van der Waals surface area contributed by atoms with Gasteiger partial charge in [-0.3, -0.25) is 4.79 Å². The van der Waals surface area contributed by atoms with E-state index in [2.05, 4.69) is 17.5 Å². The monoisotopic (exact) mass is 568 g/mol. The van der Waals surface area contributed by atoms with Gasteiger partial charge in [0.2, 0.25) is 5.91 Å². The Bertz CT molecular complexity index is 1210. The Morgan fingerprint density at radius 3 is 2.18 bits per heavy atom. The summed E-state index contributed by atoms with van der Waals surface area (Å²) in [5, 5.41) is 5.31. The molecule has 0 aliphatic rings. The maximum absolute atomic E-state index is 12.7. The molecule has 0 saturated carbocycles. The number of benzene rings is 2. The number of nitrogens with zero attached hydrogens (tertiary/aromatic N) is 1. The van der Waals surface area contributed by atoms with Crippen LogP contribution >= 0.6 is 22.9 Å². The number of carbonyl (C=O) groups excluding carboxylic acids is 2. The molecular weight excluding hydrogens is 528 g/mol. The number of fused-ring (bicyclic) bond motifs is 1. The lowest BCUT2D eigenvalue weighted by molar-refractivity contribution is -0.121. The molecule has 0 aliphatic carbocycles. The van der Waals surface area contributed by atoms with Gasteiger partial charge in [0, 0.05) is 16.5 Å². The zero-order chi connectivity index (χ0) is 27.7. The first-order valence-electron chi connectivity index (χ1n) is 14.4. The Labute approximate surface area is 242 Å². The predicted octanol–water partition coefficient (Wildman–Crippen LogP) is 9.71. The number of halogens is 1. The number of ether oxygens (including phenoxy) is 1. The van der Waals surface area contributed by atoms with E-state index in [0.29, 0.717) is 27.6 Å². The number of nitrogens with one attached hydrogen (secondary N) is 1. The summed E-state index contributed by atoms with van der Waals surface area (Å²) in [6, 6.07) is 14.6. The zero-order valence-electron chi connectivity index (χ0n) is 23.1. The Kier molecular flexibility index (Phi) is 14.1. The number of hydrazone groups is 1. The van der Waals surface area contributed by atoms with Crippen LogP contribution in [0.2, 0.25) is 5.02 Å². The molecule has 0 atom stereocenters. The fourth-order valence-corrected chi connectivity index (χ4v) is 5.88. The zero-order valence-corrected chi connectivity index (χ0v) is 24.6. The van der Waals surface area contributed by atoms with E-state index in [1.807, 2.05) is 30.3 Å². The fourth-order valence-electron chi connectivity index (χ4n) is 4.50.